The Bertz CT molecular complexity index is 274. The Morgan fingerprint density at radius 1 is 1.33 bits per heavy atom. The molecule has 0 fully saturated rings. The fourth-order valence-corrected chi connectivity index (χ4v) is 0.986. The van der Waals surface area contributed by atoms with Gasteiger partial charge in [0.05, 0.1) is 0 Å². The Labute approximate surface area is 74.2 Å². The first-order valence-corrected chi connectivity index (χ1v) is 4.28. The molecule has 0 spiro atoms. The summed E-state index contributed by atoms with van der Waals surface area (Å²) >= 11 is 0. The van der Waals surface area contributed by atoms with E-state index >= 15 is 0 Å². The van der Waals surface area contributed by atoms with Crippen molar-refractivity contribution in [3.05, 3.63) is 35.4 Å². The molecule has 0 heterocycles. The molecule has 1 heteroatoms. The third kappa shape index (κ3) is 2.87. The van der Waals surface area contributed by atoms with Gasteiger partial charge in [0.2, 0.25) is 0 Å². The van der Waals surface area contributed by atoms with Crippen LogP contribution >= 0.6 is 0 Å². The molecule has 0 aromatic heterocycles. The van der Waals surface area contributed by atoms with Crippen molar-refractivity contribution in [2.75, 3.05) is 0 Å². The maximum Gasteiger partial charge on any atom is 0.0443 e. The largest absolute Gasteiger partial charge is 0.290 e. The minimum Gasteiger partial charge on any atom is -0.290 e. The molecule has 1 aromatic carbocycles. The first-order valence-electron chi connectivity index (χ1n) is 4.28. The molecule has 0 aliphatic rings. The van der Waals surface area contributed by atoms with Crippen molar-refractivity contribution in [2.45, 2.75) is 26.8 Å². The normalized spacial score (nSPS) is 11.3. The molecule has 0 atom stereocenters. The molecule has 0 aliphatic carbocycles. The zero-order valence-corrected chi connectivity index (χ0v) is 7.91. The quantitative estimate of drug-likeness (QED) is 0.591. The molecule has 0 saturated heterocycles. The van der Waals surface area contributed by atoms with E-state index in [0.29, 0.717) is 6.04 Å². The van der Waals surface area contributed by atoms with E-state index in [9.17, 15) is 0 Å². The summed E-state index contributed by atoms with van der Waals surface area (Å²) in [6.07, 6.45) is 1.93. The molecule has 0 bridgehead atoms. The van der Waals surface area contributed by atoms with Crippen LogP contribution in [0.1, 0.15) is 25.0 Å². The minimum absolute atomic E-state index is 0.380. The summed E-state index contributed by atoms with van der Waals surface area (Å²) in [5.41, 5.74) is 2.46. The maximum absolute atomic E-state index is 4.31. The van der Waals surface area contributed by atoms with E-state index in [0.717, 1.165) is 0 Å². The lowest BCUT2D eigenvalue weighted by Gasteiger charge is -1.96. The van der Waals surface area contributed by atoms with E-state index in [-0.39, 0.29) is 0 Å². The molecule has 1 nitrogen and oxygen atoms in total. The molecular formula is C11H15N. The highest BCUT2D eigenvalue weighted by atomic mass is 14.7. The summed E-state index contributed by atoms with van der Waals surface area (Å²) in [6, 6.07) is 8.72. The van der Waals surface area contributed by atoms with Crippen molar-refractivity contribution in [3.8, 4) is 0 Å². The van der Waals surface area contributed by atoms with Gasteiger partial charge in [-0.3, -0.25) is 4.99 Å². The Hall–Kier alpha value is -1.11. The monoisotopic (exact) mass is 161 g/mol. The summed E-state index contributed by atoms with van der Waals surface area (Å²) < 4.78 is 0. The number of rotatable bonds is 2. The molecule has 1 aromatic rings. The molecule has 0 N–H and O–H groups in total. The zero-order chi connectivity index (χ0) is 8.97. The highest BCUT2D eigenvalue weighted by Crippen LogP contribution is 2.01. The van der Waals surface area contributed by atoms with Gasteiger partial charge in [0.1, 0.15) is 0 Å². The second kappa shape index (κ2) is 4.05. The lowest BCUT2D eigenvalue weighted by molar-refractivity contribution is 0.841. The summed E-state index contributed by atoms with van der Waals surface area (Å²) in [5.74, 6) is 0. The molecule has 12 heavy (non-hydrogen) atoms. The van der Waals surface area contributed by atoms with Crippen LogP contribution < -0.4 is 0 Å². The van der Waals surface area contributed by atoms with E-state index < -0.39 is 0 Å². The van der Waals surface area contributed by atoms with Crippen molar-refractivity contribution < 1.29 is 0 Å². The number of aryl methyl sites for hydroxylation is 1. The van der Waals surface area contributed by atoms with Crippen LogP contribution in [0.3, 0.4) is 0 Å². The molecule has 64 valence electrons. The van der Waals surface area contributed by atoms with Gasteiger partial charge in [-0.1, -0.05) is 29.8 Å². The number of hydrogen-bond donors (Lipinski definition) is 0. The van der Waals surface area contributed by atoms with Gasteiger partial charge in [0.15, 0.2) is 0 Å². The van der Waals surface area contributed by atoms with Gasteiger partial charge in [-0.2, -0.15) is 0 Å². The van der Waals surface area contributed by atoms with Gasteiger partial charge in [-0.05, 0) is 26.3 Å². The van der Waals surface area contributed by atoms with E-state index in [1.54, 1.807) is 0 Å². The summed E-state index contributed by atoms with van der Waals surface area (Å²) in [7, 11) is 0. The number of nitrogens with zero attached hydrogens (tertiary/aromatic N) is 1. The van der Waals surface area contributed by atoms with Gasteiger partial charge >= 0.3 is 0 Å². The molecule has 0 saturated carbocycles. The van der Waals surface area contributed by atoms with E-state index in [1.807, 2.05) is 6.21 Å². The van der Waals surface area contributed by atoms with Gasteiger partial charge in [-0.25, -0.2) is 0 Å². The Morgan fingerprint density at radius 3 is 2.67 bits per heavy atom. The first kappa shape index (κ1) is 8.98. The second-order valence-electron chi connectivity index (χ2n) is 3.29. The van der Waals surface area contributed by atoms with Gasteiger partial charge < -0.3 is 0 Å². The third-order valence-electron chi connectivity index (χ3n) is 1.56. The van der Waals surface area contributed by atoms with Crippen LogP contribution in [0.4, 0.5) is 0 Å². The van der Waals surface area contributed by atoms with Crippen molar-refractivity contribution in [1.29, 1.82) is 0 Å². The number of aliphatic imine (C=N–C) groups is 1. The minimum atomic E-state index is 0.380. The van der Waals surface area contributed by atoms with Gasteiger partial charge in [-0.15, -0.1) is 0 Å². The molecule has 0 unspecified atom stereocenters. The zero-order valence-electron chi connectivity index (χ0n) is 7.91. The first-order chi connectivity index (χ1) is 5.68. The van der Waals surface area contributed by atoms with Gasteiger partial charge in [0.25, 0.3) is 0 Å². The molecule has 0 amide bonds. The number of hydrogen-bond acceptors (Lipinski definition) is 1. The average molecular weight is 161 g/mol. The predicted octanol–water partition coefficient (Wildman–Crippen LogP) is 2.82. The highest BCUT2D eigenvalue weighted by Gasteiger charge is 1.88. The van der Waals surface area contributed by atoms with Crippen LogP contribution in [-0.2, 0) is 0 Å². The lowest BCUT2D eigenvalue weighted by Crippen LogP contribution is -1.90. The standard InChI is InChI=1S/C11H15N/c1-9(2)12-8-11-6-4-5-10(3)7-11/h4-9H,1-3H3. The van der Waals surface area contributed by atoms with E-state index in [2.05, 4.69) is 50.0 Å². The van der Waals surface area contributed by atoms with E-state index in [1.165, 1.54) is 11.1 Å². The number of benzene rings is 1. The molecule has 0 radical (unpaired) electrons. The van der Waals surface area contributed by atoms with Crippen molar-refractivity contribution in [2.24, 2.45) is 4.99 Å². The van der Waals surface area contributed by atoms with Crippen molar-refractivity contribution in [1.82, 2.24) is 0 Å². The average Bonchev–Trinajstić information content (AvgIpc) is 2.01. The Morgan fingerprint density at radius 2 is 2.08 bits per heavy atom. The Balaban J connectivity index is 2.76. The topological polar surface area (TPSA) is 12.4 Å². The fraction of sp³-hybridized carbons (Fsp3) is 0.364. The van der Waals surface area contributed by atoms with Crippen molar-refractivity contribution in [3.63, 3.8) is 0 Å². The fourth-order valence-electron chi connectivity index (χ4n) is 0.986. The predicted molar refractivity (Wildman–Crippen MR) is 53.9 cm³/mol. The highest BCUT2D eigenvalue weighted by molar-refractivity contribution is 5.79. The van der Waals surface area contributed by atoms with E-state index in [4.69, 9.17) is 0 Å². The summed E-state index contributed by atoms with van der Waals surface area (Å²) in [6.45, 7) is 6.24. The molecule has 0 aliphatic heterocycles. The second-order valence-corrected chi connectivity index (χ2v) is 3.29. The van der Waals surface area contributed by atoms with Gasteiger partial charge in [0, 0.05) is 12.3 Å². The molecular weight excluding hydrogens is 146 g/mol. The lowest BCUT2D eigenvalue weighted by atomic mass is 10.1. The maximum atomic E-state index is 4.31. The van der Waals surface area contributed by atoms with Crippen molar-refractivity contribution >= 4 is 6.21 Å². The van der Waals surface area contributed by atoms with Crippen LogP contribution in [0.25, 0.3) is 0 Å². The van der Waals surface area contributed by atoms with Crippen LogP contribution in [0.15, 0.2) is 29.3 Å². The smallest absolute Gasteiger partial charge is 0.0443 e. The SMILES string of the molecule is Cc1cccc(C=NC(C)C)c1. The van der Waals surface area contributed by atoms with Crippen LogP contribution in [0, 0.1) is 6.92 Å². The summed E-state index contributed by atoms with van der Waals surface area (Å²) in [4.78, 5) is 4.31. The van der Waals surface area contributed by atoms with Crippen LogP contribution in [0.2, 0.25) is 0 Å². The van der Waals surface area contributed by atoms with Crippen LogP contribution in [0.5, 0.6) is 0 Å². The Kier molecular flexibility index (Phi) is 3.03. The molecule has 1 rings (SSSR count). The summed E-state index contributed by atoms with van der Waals surface area (Å²) in [5, 5.41) is 0. The third-order valence-corrected chi connectivity index (χ3v) is 1.56. The van der Waals surface area contributed by atoms with Crippen LogP contribution in [-0.4, -0.2) is 12.3 Å².